The van der Waals surface area contributed by atoms with Gasteiger partial charge in [0.1, 0.15) is 11.6 Å². The van der Waals surface area contributed by atoms with Gasteiger partial charge in [-0.2, -0.15) is 4.98 Å². The molecule has 4 rings (SSSR count). The minimum Gasteiger partial charge on any atom is -0.494 e. The van der Waals surface area contributed by atoms with Gasteiger partial charge in [-0.15, -0.1) is 0 Å². The summed E-state index contributed by atoms with van der Waals surface area (Å²) in [5.74, 6) is 2.89. The first-order valence-corrected chi connectivity index (χ1v) is 12.2. The summed E-state index contributed by atoms with van der Waals surface area (Å²) < 4.78 is 16.4. The van der Waals surface area contributed by atoms with E-state index in [4.69, 9.17) is 24.9 Å². The molecule has 0 spiro atoms. The SMILES string of the molecule is CCCCOc1ccc(C=CC(=O)N2CCN(c3nc(N)c4cc(OC)c(OC)cc4n3)CC2)cc1. The van der Waals surface area contributed by atoms with E-state index in [1.54, 1.807) is 32.4 Å². The molecule has 3 aromatic rings. The molecule has 0 radical (unpaired) electrons. The van der Waals surface area contributed by atoms with Crippen LogP contribution in [-0.4, -0.2) is 67.8 Å². The number of piperazine rings is 1. The lowest BCUT2D eigenvalue weighted by Gasteiger charge is -2.34. The van der Waals surface area contributed by atoms with Crippen LogP contribution in [0, 0.1) is 0 Å². The van der Waals surface area contributed by atoms with Crippen LogP contribution in [0.15, 0.2) is 42.5 Å². The zero-order valence-corrected chi connectivity index (χ0v) is 21.1. The summed E-state index contributed by atoms with van der Waals surface area (Å²) in [4.78, 5) is 25.8. The third-order valence-electron chi connectivity index (χ3n) is 6.16. The Morgan fingerprint density at radius 2 is 1.72 bits per heavy atom. The maximum Gasteiger partial charge on any atom is 0.246 e. The number of carbonyl (C=O) groups is 1. The monoisotopic (exact) mass is 491 g/mol. The van der Waals surface area contributed by atoms with Gasteiger partial charge in [0.05, 0.1) is 26.3 Å². The average molecular weight is 492 g/mol. The van der Waals surface area contributed by atoms with Gasteiger partial charge in [-0.3, -0.25) is 4.79 Å². The van der Waals surface area contributed by atoms with E-state index >= 15 is 0 Å². The molecule has 1 aliphatic heterocycles. The Bertz CT molecular complexity index is 1220. The van der Waals surface area contributed by atoms with Gasteiger partial charge in [0.25, 0.3) is 0 Å². The van der Waals surface area contributed by atoms with E-state index in [9.17, 15) is 4.79 Å². The Labute approximate surface area is 211 Å². The van der Waals surface area contributed by atoms with Crippen molar-refractivity contribution >= 4 is 34.7 Å². The van der Waals surface area contributed by atoms with Gasteiger partial charge in [0.2, 0.25) is 11.9 Å². The smallest absolute Gasteiger partial charge is 0.246 e. The predicted molar refractivity (Wildman–Crippen MR) is 142 cm³/mol. The molecule has 0 aliphatic carbocycles. The summed E-state index contributed by atoms with van der Waals surface area (Å²) in [5, 5.41) is 0.705. The molecule has 1 aromatic heterocycles. The summed E-state index contributed by atoms with van der Waals surface area (Å²) in [6.45, 7) is 5.22. The molecule has 9 heteroatoms. The quantitative estimate of drug-likeness (QED) is 0.356. The topological polar surface area (TPSA) is 103 Å². The van der Waals surface area contributed by atoms with Crippen LogP contribution in [0.5, 0.6) is 17.2 Å². The van der Waals surface area contributed by atoms with Crippen molar-refractivity contribution in [2.45, 2.75) is 19.8 Å². The number of unbranched alkanes of at least 4 members (excludes halogenated alkanes) is 1. The summed E-state index contributed by atoms with van der Waals surface area (Å²) in [7, 11) is 3.16. The average Bonchev–Trinajstić information content (AvgIpc) is 2.92. The predicted octanol–water partition coefficient (Wildman–Crippen LogP) is 3.77. The minimum absolute atomic E-state index is 0.0197. The highest BCUT2D eigenvalue weighted by Gasteiger charge is 2.22. The number of ether oxygens (including phenoxy) is 3. The third-order valence-corrected chi connectivity index (χ3v) is 6.16. The van der Waals surface area contributed by atoms with E-state index in [-0.39, 0.29) is 5.91 Å². The fourth-order valence-electron chi connectivity index (χ4n) is 4.02. The van der Waals surface area contributed by atoms with Crippen LogP contribution in [0.4, 0.5) is 11.8 Å². The van der Waals surface area contributed by atoms with Crippen molar-refractivity contribution in [2.75, 3.05) is 57.6 Å². The first kappa shape index (κ1) is 25.1. The number of hydrogen-bond acceptors (Lipinski definition) is 8. The Hall–Kier alpha value is -4.01. The van der Waals surface area contributed by atoms with Gasteiger partial charge in [-0.25, -0.2) is 4.98 Å². The minimum atomic E-state index is -0.0197. The summed E-state index contributed by atoms with van der Waals surface area (Å²) in [5.41, 5.74) is 7.87. The highest BCUT2D eigenvalue weighted by atomic mass is 16.5. The lowest BCUT2D eigenvalue weighted by molar-refractivity contribution is -0.126. The first-order chi connectivity index (χ1) is 17.5. The van der Waals surface area contributed by atoms with Gasteiger partial charge in [0, 0.05) is 43.7 Å². The number of aromatic nitrogens is 2. The number of carbonyl (C=O) groups excluding carboxylic acids is 1. The lowest BCUT2D eigenvalue weighted by atomic mass is 10.2. The number of hydrogen-bond donors (Lipinski definition) is 1. The van der Waals surface area contributed by atoms with Gasteiger partial charge >= 0.3 is 0 Å². The molecule has 2 heterocycles. The molecule has 9 nitrogen and oxygen atoms in total. The van der Waals surface area contributed by atoms with Crippen molar-refractivity contribution in [3.63, 3.8) is 0 Å². The van der Waals surface area contributed by atoms with Crippen molar-refractivity contribution in [1.29, 1.82) is 0 Å². The van der Waals surface area contributed by atoms with Crippen molar-refractivity contribution < 1.29 is 19.0 Å². The largest absolute Gasteiger partial charge is 0.494 e. The standard InChI is InChI=1S/C27H33N5O4/c1-4-5-16-36-20-9-6-19(7-10-20)8-11-25(33)31-12-14-32(15-13-31)27-29-22-18-24(35-3)23(34-2)17-21(22)26(28)30-27/h6-11,17-18H,4-5,12-16H2,1-3H3,(H2,28,29,30). The van der Waals surface area contributed by atoms with E-state index in [0.717, 1.165) is 30.8 Å². The number of benzene rings is 2. The fraction of sp³-hybridized carbons (Fsp3) is 0.370. The van der Waals surface area contributed by atoms with Crippen LogP contribution in [0.3, 0.4) is 0 Å². The highest BCUT2D eigenvalue weighted by molar-refractivity contribution is 5.93. The molecular weight excluding hydrogens is 458 g/mol. The summed E-state index contributed by atoms with van der Waals surface area (Å²) in [6.07, 6.45) is 5.59. The van der Waals surface area contributed by atoms with E-state index in [2.05, 4.69) is 11.9 Å². The number of nitrogens with zero attached hydrogens (tertiary/aromatic N) is 4. The van der Waals surface area contributed by atoms with E-state index in [1.165, 1.54) is 0 Å². The zero-order chi connectivity index (χ0) is 25.5. The maximum atomic E-state index is 12.7. The van der Waals surface area contributed by atoms with Crippen LogP contribution < -0.4 is 24.8 Å². The van der Waals surface area contributed by atoms with Crippen molar-refractivity contribution in [2.24, 2.45) is 0 Å². The Balaban J connectivity index is 1.36. The van der Waals surface area contributed by atoms with Gasteiger partial charge in [-0.05, 0) is 36.3 Å². The molecule has 0 bridgehead atoms. The second-order valence-electron chi connectivity index (χ2n) is 8.55. The number of fused-ring (bicyclic) bond motifs is 1. The molecular formula is C27H33N5O4. The summed E-state index contributed by atoms with van der Waals surface area (Å²) in [6, 6.07) is 11.3. The van der Waals surface area contributed by atoms with Crippen molar-refractivity contribution in [3.05, 3.63) is 48.0 Å². The number of nitrogen functional groups attached to an aromatic ring is 1. The molecule has 190 valence electrons. The van der Waals surface area contributed by atoms with E-state index in [0.29, 0.717) is 60.3 Å². The van der Waals surface area contributed by atoms with Gasteiger partial charge in [-0.1, -0.05) is 25.5 Å². The summed E-state index contributed by atoms with van der Waals surface area (Å²) >= 11 is 0. The molecule has 1 fully saturated rings. The van der Waals surface area contributed by atoms with Crippen LogP contribution >= 0.6 is 0 Å². The number of anilines is 2. The Morgan fingerprint density at radius 1 is 1.03 bits per heavy atom. The molecule has 0 atom stereocenters. The lowest BCUT2D eigenvalue weighted by Crippen LogP contribution is -2.48. The van der Waals surface area contributed by atoms with Crippen LogP contribution in [0.2, 0.25) is 0 Å². The molecule has 0 saturated carbocycles. The molecule has 36 heavy (non-hydrogen) atoms. The first-order valence-electron chi connectivity index (χ1n) is 12.2. The third kappa shape index (κ3) is 5.79. The molecule has 2 aromatic carbocycles. The molecule has 1 saturated heterocycles. The zero-order valence-electron chi connectivity index (χ0n) is 21.1. The Morgan fingerprint density at radius 3 is 2.39 bits per heavy atom. The molecule has 0 unspecified atom stereocenters. The fourth-order valence-corrected chi connectivity index (χ4v) is 4.02. The van der Waals surface area contributed by atoms with Crippen molar-refractivity contribution in [1.82, 2.24) is 14.9 Å². The number of methoxy groups -OCH3 is 2. The van der Waals surface area contributed by atoms with Crippen LogP contribution in [-0.2, 0) is 4.79 Å². The van der Waals surface area contributed by atoms with Crippen LogP contribution in [0.1, 0.15) is 25.3 Å². The van der Waals surface area contributed by atoms with Crippen LogP contribution in [0.25, 0.3) is 17.0 Å². The molecule has 1 aliphatic rings. The Kier molecular flexibility index (Phi) is 8.10. The second kappa shape index (κ2) is 11.6. The van der Waals surface area contributed by atoms with Gasteiger partial charge in [0.15, 0.2) is 11.5 Å². The number of amides is 1. The molecule has 1 amide bonds. The van der Waals surface area contributed by atoms with Crippen molar-refractivity contribution in [3.8, 4) is 17.2 Å². The van der Waals surface area contributed by atoms with Gasteiger partial charge < -0.3 is 29.7 Å². The normalized spacial score (nSPS) is 13.9. The molecule has 2 N–H and O–H groups in total. The second-order valence-corrected chi connectivity index (χ2v) is 8.55. The number of nitrogens with two attached hydrogens (primary N) is 1. The van der Waals surface area contributed by atoms with E-state index in [1.807, 2.05) is 40.1 Å². The highest BCUT2D eigenvalue weighted by Crippen LogP contribution is 2.34. The number of rotatable bonds is 9. The maximum absolute atomic E-state index is 12.7. The van der Waals surface area contributed by atoms with E-state index < -0.39 is 0 Å².